The van der Waals surface area contributed by atoms with E-state index in [-0.39, 0.29) is 18.4 Å². The Hall–Kier alpha value is -3.48. The highest BCUT2D eigenvalue weighted by Gasteiger charge is 2.16. The summed E-state index contributed by atoms with van der Waals surface area (Å²) in [6.07, 6.45) is 3.18. The van der Waals surface area contributed by atoms with Crippen LogP contribution in [0.1, 0.15) is 15.9 Å². The Balaban J connectivity index is 1.85. The minimum atomic E-state index is -0.312. The summed E-state index contributed by atoms with van der Waals surface area (Å²) in [6, 6.07) is 12.7. The number of amides is 2. The molecule has 7 heteroatoms. The molecule has 148 valence electrons. The number of methoxy groups -OCH3 is 3. The van der Waals surface area contributed by atoms with Crippen molar-refractivity contribution in [1.29, 1.82) is 0 Å². The minimum absolute atomic E-state index is 0.231. The molecule has 28 heavy (non-hydrogen) atoms. The minimum Gasteiger partial charge on any atom is -0.493 e. The number of carbonyl (C=O) groups excluding carboxylic acids is 2. The molecule has 0 aromatic heterocycles. The lowest BCUT2D eigenvalue weighted by Gasteiger charge is -2.14. The smallest absolute Gasteiger partial charge is 0.251 e. The molecule has 0 saturated carbocycles. The first-order valence-corrected chi connectivity index (χ1v) is 8.68. The Kier molecular flexibility index (Phi) is 7.90. The molecular weight excluding hydrogens is 360 g/mol. The van der Waals surface area contributed by atoms with Crippen LogP contribution in [0.5, 0.6) is 17.2 Å². The quantitative estimate of drug-likeness (QED) is 0.512. The van der Waals surface area contributed by atoms with Crippen LogP contribution in [0.15, 0.2) is 48.5 Å². The molecule has 0 atom stereocenters. The molecule has 2 amide bonds. The number of benzene rings is 2. The second kappa shape index (κ2) is 10.6. The standard InChI is InChI=1S/C21H24N2O5/c1-26-17-13-16(14-18(27-2)20(17)28-3)21(25)23-12-11-22-19(24)10-9-15-7-5-4-6-8-15/h4-10,13-14H,11-12H2,1-3H3,(H,22,24)(H,23,25)/b10-9+. The third-order valence-electron chi connectivity index (χ3n) is 3.86. The van der Waals surface area contributed by atoms with Gasteiger partial charge in [0.2, 0.25) is 11.7 Å². The van der Waals surface area contributed by atoms with E-state index in [2.05, 4.69) is 10.6 Å². The van der Waals surface area contributed by atoms with Crippen molar-refractivity contribution in [3.8, 4) is 17.2 Å². The van der Waals surface area contributed by atoms with Crippen LogP contribution >= 0.6 is 0 Å². The summed E-state index contributed by atoms with van der Waals surface area (Å²) >= 11 is 0. The van der Waals surface area contributed by atoms with E-state index in [4.69, 9.17) is 14.2 Å². The average Bonchev–Trinajstić information content (AvgIpc) is 2.74. The fourth-order valence-electron chi connectivity index (χ4n) is 2.47. The van der Waals surface area contributed by atoms with Crippen molar-refractivity contribution in [2.24, 2.45) is 0 Å². The van der Waals surface area contributed by atoms with E-state index in [1.807, 2.05) is 30.3 Å². The summed E-state index contributed by atoms with van der Waals surface area (Å²) < 4.78 is 15.7. The van der Waals surface area contributed by atoms with Gasteiger partial charge in [-0.2, -0.15) is 0 Å². The van der Waals surface area contributed by atoms with Gasteiger partial charge in [0.15, 0.2) is 11.5 Å². The van der Waals surface area contributed by atoms with Gasteiger partial charge in [0.25, 0.3) is 5.91 Å². The van der Waals surface area contributed by atoms with Gasteiger partial charge in [-0.15, -0.1) is 0 Å². The zero-order valence-electron chi connectivity index (χ0n) is 16.2. The summed E-state index contributed by atoms with van der Waals surface area (Å²) in [7, 11) is 4.46. The lowest BCUT2D eigenvalue weighted by atomic mass is 10.1. The molecule has 0 aliphatic rings. The number of rotatable bonds is 9. The molecule has 2 N–H and O–H groups in total. The predicted octanol–water partition coefficient (Wildman–Crippen LogP) is 2.27. The third kappa shape index (κ3) is 5.77. The monoisotopic (exact) mass is 384 g/mol. The highest BCUT2D eigenvalue weighted by molar-refractivity contribution is 5.95. The van der Waals surface area contributed by atoms with Crippen molar-refractivity contribution in [3.05, 3.63) is 59.7 Å². The van der Waals surface area contributed by atoms with E-state index in [0.29, 0.717) is 29.4 Å². The van der Waals surface area contributed by atoms with E-state index < -0.39 is 0 Å². The Morgan fingerprint density at radius 3 is 2.07 bits per heavy atom. The second-order valence-electron chi connectivity index (χ2n) is 5.70. The Bertz CT molecular complexity index is 809. The Morgan fingerprint density at radius 1 is 0.893 bits per heavy atom. The lowest BCUT2D eigenvalue weighted by molar-refractivity contribution is -0.116. The molecule has 0 saturated heterocycles. The first-order chi connectivity index (χ1) is 13.6. The van der Waals surface area contributed by atoms with Crippen molar-refractivity contribution < 1.29 is 23.8 Å². The largest absolute Gasteiger partial charge is 0.493 e. The molecular formula is C21H24N2O5. The summed E-state index contributed by atoms with van der Waals surface area (Å²) in [5.74, 6) is 0.663. The van der Waals surface area contributed by atoms with E-state index in [1.54, 1.807) is 18.2 Å². The predicted molar refractivity (Wildman–Crippen MR) is 107 cm³/mol. The SMILES string of the molecule is COc1cc(C(=O)NCCNC(=O)/C=C/c2ccccc2)cc(OC)c1OC. The van der Waals surface area contributed by atoms with Crippen LogP contribution in [0.2, 0.25) is 0 Å². The molecule has 2 aromatic carbocycles. The van der Waals surface area contributed by atoms with Crippen LogP contribution < -0.4 is 24.8 Å². The van der Waals surface area contributed by atoms with Crippen molar-refractivity contribution in [3.63, 3.8) is 0 Å². The van der Waals surface area contributed by atoms with Gasteiger partial charge in [0.05, 0.1) is 21.3 Å². The average molecular weight is 384 g/mol. The van der Waals surface area contributed by atoms with Gasteiger partial charge in [-0.25, -0.2) is 0 Å². The molecule has 2 aromatic rings. The lowest BCUT2D eigenvalue weighted by Crippen LogP contribution is -2.34. The molecule has 0 radical (unpaired) electrons. The fraction of sp³-hybridized carbons (Fsp3) is 0.238. The molecule has 0 aliphatic carbocycles. The topological polar surface area (TPSA) is 85.9 Å². The maximum atomic E-state index is 12.3. The summed E-state index contributed by atoms with van der Waals surface area (Å²) in [5.41, 5.74) is 1.30. The van der Waals surface area contributed by atoms with Crippen LogP contribution in [-0.2, 0) is 4.79 Å². The van der Waals surface area contributed by atoms with Gasteiger partial charge in [-0.05, 0) is 23.8 Å². The van der Waals surface area contributed by atoms with Crippen molar-refractivity contribution >= 4 is 17.9 Å². The van der Waals surface area contributed by atoms with Gasteiger partial charge in [-0.3, -0.25) is 9.59 Å². The van der Waals surface area contributed by atoms with Crippen LogP contribution in [0, 0.1) is 0 Å². The zero-order chi connectivity index (χ0) is 20.4. The van der Waals surface area contributed by atoms with Gasteiger partial charge >= 0.3 is 0 Å². The molecule has 7 nitrogen and oxygen atoms in total. The second-order valence-corrected chi connectivity index (χ2v) is 5.70. The number of hydrogen-bond donors (Lipinski definition) is 2. The first kappa shape index (κ1) is 20.8. The molecule has 0 heterocycles. The molecule has 0 bridgehead atoms. The fourth-order valence-corrected chi connectivity index (χ4v) is 2.47. The maximum absolute atomic E-state index is 12.3. The van der Waals surface area contributed by atoms with Gasteiger partial charge in [-0.1, -0.05) is 30.3 Å². The van der Waals surface area contributed by atoms with Crippen molar-refractivity contribution in [1.82, 2.24) is 10.6 Å². The first-order valence-electron chi connectivity index (χ1n) is 8.68. The molecule has 0 fully saturated rings. The highest BCUT2D eigenvalue weighted by Crippen LogP contribution is 2.38. The number of ether oxygens (including phenoxy) is 3. The molecule has 2 rings (SSSR count). The number of hydrogen-bond acceptors (Lipinski definition) is 5. The Labute approximate surface area is 164 Å². The van der Waals surface area contributed by atoms with Crippen molar-refractivity contribution in [2.75, 3.05) is 34.4 Å². The Morgan fingerprint density at radius 2 is 1.50 bits per heavy atom. The number of carbonyl (C=O) groups is 2. The van der Waals surface area contributed by atoms with E-state index in [0.717, 1.165) is 5.56 Å². The van der Waals surface area contributed by atoms with E-state index in [9.17, 15) is 9.59 Å². The summed E-state index contributed by atoms with van der Waals surface area (Å²) in [4.78, 5) is 24.2. The molecule has 0 aliphatic heterocycles. The molecule has 0 spiro atoms. The normalized spacial score (nSPS) is 10.4. The molecule has 0 unspecified atom stereocenters. The van der Waals surface area contributed by atoms with Gasteiger partial charge in [0.1, 0.15) is 0 Å². The van der Waals surface area contributed by atoms with Crippen LogP contribution in [0.3, 0.4) is 0 Å². The summed E-state index contributed by atoms with van der Waals surface area (Å²) in [6.45, 7) is 0.578. The van der Waals surface area contributed by atoms with Gasteiger partial charge < -0.3 is 24.8 Å². The number of nitrogens with one attached hydrogen (secondary N) is 2. The third-order valence-corrected chi connectivity index (χ3v) is 3.86. The highest BCUT2D eigenvalue weighted by atomic mass is 16.5. The van der Waals surface area contributed by atoms with E-state index in [1.165, 1.54) is 27.4 Å². The summed E-state index contributed by atoms with van der Waals surface area (Å²) in [5, 5.41) is 5.45. The zero-order valence-corrected chi connectivity index (χ0v) is 16.2. The van der Waals surface area contributed by atoms with Gasteiger partial charge in [0, 0.05) is 24.7 Å². The van der Waals surface area contributed by atoms with Crippen LogP contribution in [0.4, 0.5) is 0 Å². The van der Waals surface area contributed by atoms with Crippen LogP contribution in [0.25, 0.3) is 6.08 Å². The van der Waals surface area contributed by atoms with Crippen molar-refractivity contribution in [2.45, 2.75) is 0 Å². The van der Waals surface area contributed by atoms with Crippen LogP contribution in [-0.4, -0.2) is 46.2 Å². The maximum Gasteiger partial charge on any atom is 0.251 e. The van der Waals surface area contributed by atoms with E-state index >= 15 is 0 Å².